The average Bonchev–Trinajstić information content (AvgIpc) is 2.38. The van der Waals surface area contributed by atoms with Crippen LogP contribution in [0.2, 0.25) is 0 Å². The van der Waals surface area contributed by atoms with Crippen molar-refractivity contribution in [1.82, 2.24) is 4.90 Å². The van der Waals surface area contributed by atoms with Crippen LogP contribution in [0.3, 0.4) is 0 Å². The van der Waals surface area contributed by atoms with Gasteiger partial charge in [0.2, 0.25) is 0 Å². The minimum Gasteiger partial charge on any atom is -0.381 e. The monoisotopic (exact) mass is 298 g/mol. The highest BCUT2D eigenvalue weighted by atomic mass is 32.2. The maximum absolute atomic E-state index is 11.8. The molecule has 1 unspecified atom stereocenters. The Morgan fingerprint density at radius 2 is 1.70 bits per heavy atom. The van der Waals surface area contributed by atoms with E-state index in [1.807, 2.05) is 26.2 Å². The van der Waals surface area contributed by atoms with Gasteiger partial charge in [-0.3, -0.25) is 0 Å². The van der Waals surface area contributed by atoms with E-state index in [0.29, 0.717) is 16.9 Å². The van der Waals surface area contributed by atoms with E-state index in [9.17, 15) is 8.42 Å². The van der Waals surface area contributed by atoms with Crippen LogP contribution >= 0.6 is 0 Å². The Balaban J connectivity index is 2.83. The maximum Gasteiger partial charge on any atom is 0.178 e. The van der Waals surface area contributed by atoms with Gasteiger partial charge >= 0.3 is 0 Å². The number of benzene rings is 1. The summed E-state index contributed by atoms with van der Waals surface area (Å²) in [5.74, 6) is 0.631. The van der Waals surface area contributed by atoms with Gasteiger partial charge in [-0.25, -0.2) is 8.42 Å². The van der Waals surface area contributed by atoms with Gasteiger partial charge in [-0.05, 0) is 44.3 Å². The largest absolute Gasteiger partial charge is 0.381 e. The fraction of sp³-hybridized carbons (Fsp3) is 0.600. The molecule has 0 heterocycles. The molecular weight excluding hydrogens is 272 g/mol. The van der Waals surface area contributed by atoms with E-state index >= 15 is 0 Å². The number of likely N-dealkylation sites (N-methyl/N-ethyl adjacent to an activating group) is 1. The zero-order valence-corrected chi connectivity index (χ0v) is 13.9. The molecule has 114 valence electrons. The lowest BCUT2D eigenvalue weighted by atomic mass is 10.0. The van der Waals surface area contributed by atoms with E-state index < -0.39 is 9.84 Å². The van der Waals surface area contributed by atoms with E-state index in [-0.39, 0.29) is 5.75 Å². The van der Waals surface area contributed by atoms with E-state index in [0.717, 1.165) is 12.2 Å². The third kappa shape index (κ3) is 4.80. The highest BCUT2D eigenvalue weighted by Crippen LogP contribution is 2.18. The van der Waals surface area contributed by atoms with Crippen molar-refractivity contribution in [3.8, 4) is 0 Å². The summed E-state index contributed by atoms with van der Waals surface area (Å²) >= 11 is 0. The molecule has 1 aromatic carbocycles. The van der Waals surface area contributed by atoms with Crippen molar-refractivity contribution >= 4 is 15.5 Å². The summed E-state index contributed by atoms with van der Waals surface area (Å²) in [6.07, 6.45) is 0. The Morgan fingerprint density at radius 1 is 1.15 bits per heavy atom. The summed E-state index contributed by atoms with van der Waals surface area (Å²) in [5, 5.41) is 3.47. The lowest BCUT2D eigenvalue weighted by molar-refractivity contribution is 0.344. The van der Waals surface area contributed by atoms with Crippen molar-refractivity contribution in [2.75, 3.05) is 31.7 Å². The molecule has 0 amide bonds. The van der Waals surface area contributed by atoms with E-state index in [2.05, 4.69) is 24.1 Å². The van der Waals surface area contributed by atoms with Gasteiger partial charge in [-0.2, -0.15) is 0 Å². The topological polar surface area (TPSA) is 49.4 Å². The van der Waals surface area contributed by atoms with Crippen molar-refractivity contribution in [2.24, 2.45) is 5.92 Å². The fourth-order valence-electron chi connectivity index (χ4n) is 1.96. The number of hydrogen-bond donors (Lipinski definition) is 1. The Kier molecular flexibility index (Phi) is 6.02. The predicted octanol–water partition coefficient (Wildman–Crippen LogP) is 2.48. The van der Waals surface area contributed by atoms with Gasteiger partial charge in [0, 0.05) is 18.3 Å². The second-order valence-electron chi connectivity index (χ2n) is 5.68. The molecule has 1 N–H and O–H groups in total. The maximum atomic E-state index is 11.8. The molecule has 0 fully saturated rings. The molecule has 0 bridgehead atoms. The van der Waals surface area contributed by atoms with Crippen LogP contribution in [0.5, 0.6) is 0 Å². The lowest BCUT2D eigenvalue weighted by Crippen LogP contribution is -2.36. The molecule has 1 atom stereocenters. The minimum atomic E-state index is -3.11. The van der Waals surface area contributed by atoms with Crippen molar-refractivity contribution in [3.63, 3.8) is 0 Å². The minimum absolute atomic E-state index is 0.134. The third-order valence-corrected chi connectivity index (χ3v) is 5.06. The molecule has 20 heavy (non-hydrogen) atoms. The van der Waals surface area contributed by atoms with Gasteiger partial charge in [-0.1, -0.05) is 20.8 Å². The second kappa shape index (κ2) is 7.09. The number of sulfone groups is 1. The smallest absolute Gasteiger partial charge is 0.178 e. The average molecular weight is 298 g/mol. The molecule has 0 spiro atoms. The molecule has 0 radical (unpaired) electrons. The van der Waals surface area contributed by atoms with E-state index in [1.165, 1.54) is 0 Å². The number of nitrogens with zero attached hydrogens (tertiary/aromatic N) is 1. The first-order chi connectivity index (χ1) is 9.26. The van der Waals surface area contributed by atoms with Crippen molar-refractivity contribution < 1.29 is 8.42 Å². The number of hydrogen-bond acceptors (Lipinski definition) is 4. The number of nitrogens with one attached hydrogen (secondary N) is 1. The molecule has 1 rings (SSSR count). The number of rotatable bonds is 7. The molecular formula is C15H26N2O2S. The lowest BCUT2D eigenvalue weighted by Gasteiger charge is -2.26. The van der Waals surface area contributed by atoms with Gasteiger partial charge in [0.05, 0.1) is 10.6 Å². The van der Waals surface area contributed by atoms with E-state index in [4.69, 9.17) is 0 Å². The Bertz CT molecular complexity index is 507. The molecule has 5 heteroatoms. The predicted molar refractivity (Wildman–Crippen MR) is 85.0 cm³/mol. The van der Waals surface area contributed by atoms with Crippen LogP contribution in [-0.4, -0.2) is 45.8 Å². The van der Waals surface area contributed by atoms with Gasteiger partial charge < -0.3 is 10.2 Å². The third-order valence-electron chi connectivity index (χ3n) is 3.31. The normalized spacial score (nSPS) is 13.8. The van der Waals surface area contributed by atoms with Crippen LogP contribution in [0.4, 0.5) is 5.69 Å². The summed E-state index contributed by atoms with van der Waals surface area (Å²) in [7, 11) is 0.984. The summed E-state index contributed by atoms with van der Waals surface area (Å²) < 4.78 is 23.5. The van der Waals surface area contributed by atoms with Gasteiger partial charge in [-0.15, -0.1) is 0 Å². The van der Waals surface area contributed by atoms with Crippen molar-refractivity contribution in [3.05, 3.63) is 24.3 Å². The molecule has 1 aromatic rings. The zero-order valence-electron chi connectivity index (χ0n) is 13.1. The highest BCUT2D eigenvalue weighted by molar-refractivity contribution is 7.91. The summed E-state index contributed by atoms with van der Waals surface area (Å²) in [4.78, 5) is 2.53. The fourth-order valence-corrected chi connectivity index (χ4v) is 2.84. The van der Waals surface area contributed by atoms with Crippen LogP contribution in [0.1, 0.15) is 20.8 Å². The Morgan fingerprint density at radius 3 is 2.10 bits per heavy atom. The number of anilines is 1. The van der Waals surface area contributed by atoms with Gasteiger partial charge in [0.15, 0.2) is 9.84 Å². The van der Waals surface area contributed by atoms with Gasteiger partial charge in [0.25, 0.3) is 0 Å². The first kappa shape index (κ1) is 17.0. The summed E-state index contributed by atoms with van der Waals surface area (Å²) in [6.45, 7) is 6.95. The van der Waals surface area contributed by atoms with E-state index in [1.54, 1.807) is 19.1 Å². The quantitative estimate of drug-likeness (QED) is 0.840. The van der Waals surface area contributed by atoms with Crippen LogP contribution in [0, 0.1) is 5.92 Å². The molecule has 0 saturated heterocycles. The molecule has 0 aliphatic heterocycles. The molecule has 0 aromatic heterocycles. The zero-order chi connectivity index (χ0) is 15.3. The molecule has 0 saturated carbocycles. The van der Waals surface area contributed by atoms with Crippen LogP contribution in [0.25, 0.3) is 0 Å². The molecule has 4 nitrogen and oxygen atoms in total. The first-order valence-electron chi connectivity index (χ1n) is 7.00. The second-order valence-corrected chi connectivity index (χ2v) is 7.96. The Hall–Kier alpha value is -1.07. The van der Waals surface area contributed by atoms with Crippen LogP contribution < -0.4 is 5.32 Å². The first-order valence-corrected chi connectivity index (χ1v) is 8.65. The standard InChI is InChI=1S/C15H26N2O2S/c1-6-20(18,19)14-9-7-13(8-10-14)16-15(12(2)3)11-17(4)5/h7-10,12,15-16H,6,11H2,1-5H3. The Labute approximate surface area is 123 Å². The summed E-state index contributed by atoms with van der Waals surface area (Å²) in [6, 6.07) is 7.36. The van der Waals surface area contributed by atoms with Crippen LogP contribution in [-0.2, 0) is 9.84 Å². The SMILES string of the molecule is CCS(=O)(=O)c1ccc(NC(CN(C)C)C(C)C)cc1. The molecule has 0 aliphatic rings. The summed E-state index contributed by atoms with van der Waals surface area (Å²) in [5.41, 5.74) is 0.959. The highest BCUT2D eigenvalue weighted by Gasteiger charge is 2.15. The van der Waals surface area contributed by atoms with Gasteiger partial charge in [0.1, 0.15) is 0 Å². The van der Waals surface area contributed by atoms with Crippen molar-refractivity contribution in [1.29, 1.82) is 0 Å². The molecule has 0 aliphatic carbocycles. The van der Waals surface area contributed by atoms with Crippen molar-refractivity contribution in [2.45, 2.75) is 31.7 Å². The van der Waals surface area contributed by atoms with Crippen LogP contribution in [0.15, 0.2) is 29.2 Å².